The zero-order chi connectivity index (χ0) is 13.2. The molecule has 5 heteroatoms. The van der Waals surface area contributed by atoms with Crippen LogP contribution in [0.2, 0.25) is 0 Å². The maximum atomic E-state index is 12.0. The van der Waals surface area contributed by atoms with E-state index in [1.54, 1.807) is 14.0 Å². The third kappa shape index (κ3) is 3.10. The van der Waals surface area contributed by atoms with Crippen molar-refractivity contribution in [3.63, 3.8) is 0 Å². The molecule has 18 heavy (non-hydrogen) atoms. The average molecular weight is 268 g/mol. The van der Waals surface area contributed by atoms with Gasteiger partial charge in [-0.15, -0.1) is 0 Å². The van der Waals surface area contributed by atoms with Gasteiger partial charge in [-0.3, -0.25) is 0 Å². The maximum Gasteiger partial charge on any atom is 0.215 e. The minimum Gasteiger partial charge on any atom is -0.318 e. The van der Waals surface area contributed by atoms with Crippen molar-refractivity contribution in [2.75, 3.05) is 13.6 Å². The highest BCUT2D eigenvalue weighted by atomic mass is 32.2. The number of benzene rings is 1. The number of nitrogens with one attached hydrogen (secondary N) is 2. The molecule has 1 aromatic rings. The van der Waals surface area contributed by atoms with Crippen molar-refractivity contribution in [3.8, 4) is 0 Å². The van der Waals surface area contributed by atoms with Gasteiger partial charge in [0.05, 0.1) is 5.25 Å². The monoisotopic (exact) mass is 268 g/mol. The Morgan fingerprint density at radius 2 is 2.00 bits per heavy atom. The summed E-state index contributed by atoms with van der Waals surface area (Å²) in [6.45, 7) is 2.19. The minimum atomic E-state index is -3.21. The van der Waals surface area contributed by atoms with Gasteiger partial charge in [0.2, 0.25) is 10.0 Å². The highest BCUT2D eigenvalue weighted by molar-refractivity contribution is 7.90. The lowest BCUT2D eigenvalue weighted by molar-refractivity contribution is 0.562. The molecule has 0 heterocycles. The topological polar surface area (TPSA) is 58.2 Å². The molecule has 3 unspecified atom stereocenters. The van der Waals surface area contributed by atoms with Crippen molar-refractivity contribution in [2.24, 2.45) is 0 Å². The standard InChI is InChI=1S/C13H20N2O2S/c1-10(9-14-2)18(16,17)15-13-8-12(13)11-6-4-3-5-7-11/h3-7,10,12-15H,8-9H2,1-2H3. The molecule has 1 fully saturated rings. The Bertz CT molecular complexity index is 487. The second-order valence-electron chi connectivity index (χ2n) is 4.89. The van der Waals surface area contributed by atoms with Crippen molar-refractivity contribution >= 4 is 10.0 Å². The van der Waals surface area contributed by atoms with Gasteiger partial charge in [-0.1, -0.05) is 30.3 Å². The van der Waals surface area contributed by atoms with Crippen LogP contribution in [0.1, 0.15) is 24.8 Å². The van der Waals surface area contributed by atoms with Gasteiger partial charge in [0.1, 0.15) is 0 Å². The maximum absolute atomic E-state index is 12.0. The molecule has 1 aliphatic rings. The van der Waals surface area contributed by atoms with E-state index in [4.69, 9.17) is 0 Å². The van der Waals surface area contributed by atoms with Crippen molar-refractivity contribution in [2.45, 2.75) is 30.6 Å². The van der Waals surface area contributed by atoms with Gasteiger partial charge in [-0.2, -0.15) is 0 Å². The Balaban J connectivity index is 1.94. The summed E-state index contributed by atoms with van der Waals surface area (Å²) in [5.41, 5.74) is 1.21. The smallest absolute Gasteiger partial charge is 0.215 e. The molecule has 0 saturated heterocycles. The van der Waals surface area contributed by atoms with Gasteiger partial charge < -0.3 is 5.32 Å². The summed E-state index contributed by atoms with van der Waals surface area (Å²) in [5, 5.41) is 2.49. The van der Waals surface area contributed by atoms with Crippen LogP contribution in [0.5, 0.6) is 0 Å². The van der Waals surface area contributed by atoms with Gasteiger partial charge in [-0.05, 0) is 26.0 Å². The van der Waals surface area contributed by atoms with Gasteiger partial charge in [0.25, 0.3) is 0 Å². The van der Waals surface area contributed by atoms with Crippen LogP contribution >= 0.6 is 0 Å². The minimum absolute atomic E-state index is 0.0664. The Labute approximate surface area is 109 Å². The summed E-state index contributed by atoms with van der Waals surface area (Å²) >= 11 is 0. The van der Waals surface area contributed by atoms with Crippen molar-refractivity contribution in [3.05, 3.63) is 35.9 Å². The molecule has 1 aliphatic carbocycles. The van der Waals surface area contributed by atoms with Crippen LogP contribution in [0.25, 0.3) is 0 Å². The molecule has 0 spiro atoms. The van der Waals surface area contributed by atoms with Crippen LogP contribution in [-0.4, -0.2) is 33.3 Å². The number of hydrogen-bond donors (Lipinski definition) is 2. The van der Waals surface area contributed by atoms with E-state index in [9.17, 15) is 8.42 Å². The number of rotatable bonds is 6. The van der Waals surface area contributed by atoms with E-state index in [0.29, 0.717) is 12.5 Å². The largest absolute Gasteiger partial charge is 0.318 e. The molecule has 1 saturated carbocycles. The molecule has 0 amide bonds. The van der Waals surface area contributed by atoms with Gasteiger partial charge in [0.15, 0.2) is 0 Å². The summed E-state index contributed by atoms with van der Waals surface area (Å²) in [6.07, 6.45) is 0.898. The zero-order valence-electron chi connectivity index (χ0n) is 10.8. The Morgan fingerprint density at radius 3 is 2.61 bits per heavy atom. The first-order chi connectivity index (χ1) is 8.54. The molecule has 4 nitrogen and oxygen atoms in total. The fraction of sp³-hybridized carbons (Fsp3) is 0.538. The Hall–Kier alpha value is -0.910. The molecule has 1 aromatic carbocycles. The summed E-state index contributed by atoms with van der Waals surface area (Å²) in [5.74, 6) is 0.336. The van der Waals surface area contributed by atoms with Crippen LogP contribution < -0.4 is 10.0 Å². The first-order valence-corrected chi connectivity index (χ1v) is 7.80. The Kier molecular flexibility index (Phi) is 4.04. The fourth-order valence-electron chi connectivity index (χ4n) is 2.12. The van der Waals surface area contributed by atoms with Crippen molar-refractivity contribution < 1.29 is 8.42 Å². The summed E-state index contributed by atoms with van der Waals surface area (Å²) < 4.78 is 26.8. The van der Waals surface area contributed by atoms with Crippen LogP contribution in [-0.2, 0) is 10.0 Å². The highest BCUT2D eigenvalue weighted by Crippen LogP contribution is 2.41. The van der Waals surface area contributed by atoms with E-state index < -0.39 is 15.3 Å². The molecule has 0 bridgehead atoms. The fourth-order valence-corrected chi connectivity index (χ4v) is 3.42. The molecule has 2 N–H and O–H groups in total. The van der Waals surface area contributed by atoms with E-state index in [1.165, 1.54) is 5.56 Å². The van der Waals surface area contributed by atoms with E-state index in [2.05, 4.69) is 22.2 Å². The predicted molar refractivity (Wildman–Crippen MR) is 73.0 cm³/mol. The van der Waals surface area contributed by atoms with Crippen LogP contribution in [0.4, 0.5) is 0 Å². The lowest BCUT2D eigenvalue weighted by Gasteiger charge is -2.13. The average Bonchev–Trinajstić information content (AvgIpc) is 3.09. The highest BCUT2D eigenvalue weighted by Gasteiger charge is 2.41. The number of hydrogen-bond acceptors (Lipinski definition) is 3. The molecule has 0 aliphatic heterocycles. The lowest BCUT2D eigenvalue weighted by Crippen LogP contribution is -2.39. The van der Waals surface area contributed by atoms with Crippen LogP contribution in [0.15, 0.2) is 30.3 Å². The Morgan fingerprint density at radius 1 is 1.33 bits per heavy atom. The predicted octanol–water partition coefficient (Wildman–Crippen LogP) is 1.07. The molecule has 100 valence electrons. The molecule has 3 atom stereocenters. The third-order valence-corrected chi connectivity index (χ3v) is 5.21. The van der Waals surface area contributed by atoms with Crippen molar-refractivity contribution in [1.82, 2.24) is 10.0 Å². The van der Waals surface area contributed by atoms with E-state index >= 15 is 0 Å². The second-order valence-corrected chi connectivity index (χ2v) is 7.02. The first-order valence-electron chi connectivity index (χ1n) is 6.25. The van der Waals surface area contributed by atoms with Crippen LogP contribution in [0, 0.1) is 0 Å². The van der Waals surface area contributed by atoms with E-state index in [-0.39, 0.29) is 6.04 Å². The molecule has 2 rings (SSSR count). The molecular formula is C13H20N2O2S. The second kappa shape index (κ2) is 5.38. The van der Waals surface area contributed by atoms with Crippen LogP contribution in [0.3, 0.4) is 0 Å². The molecule has 0 aromatic heterocycles. The van der Waals surface area contributed by atoms with Gasteiger partial charge in [0, 0.05) is 18.5 Å². The quantitative estimate of drug-likeness (QED) is 0.811. The van der Waals surface area contributed by atoms with E-state index in [1.807, 2.05) is 18.2 Å². The summed E-state index contributed by atoms with van der Waals surface area (Å²) in [7, 11) is -1.45. The molecule has 0 radical (unpaired) electrons. The SMILES string of the molecule is CNCC(C)S(=O)(=O)NC1CC1c1ccccc1. The van der Waals surface area contributed by atoms with E-state index in [0.717, 1.165) is 6.42 Å². The number of sulfonamides is 1. The normalized spacial score (nSPS) is 24.8. The lowest BCUT2D eigenvalue weighted by atomic mass is 10.1. The summed E-state index contributed by atoms with van der Waals surface area (Å²) in [4.78, 5) is 0. The summed E-state index contributed by atoms with van der Waals surface area (Å²) in [6, 6.07) is 10.1. The third-order valence-electron chi connectivity index (χ3n) is 3.36. The van der Waals surface area contributed by atoms with Gasteiger partial charge >= 0.3 is 0 Å². The zero-order valence-corrected chi connectivity index (χ0v) is 11.6. The van der Waals surface area contributed by atoms with Crippen molar-refractivity contribution in [1.29, 1.82) is 0 Å². The van der Waals surface area contributed by atoms with Gasteiger partial charge in [-0.25, -0.2) is 13.1 Å². The molecular weight excluding hydrogens is 248 g/mol. The first kappa shape index (κ1) is 13.5.